The van der Waals surface area contributed by atoms with Crippen molar-refractivity contribution < 1.29 is 18.1 Å². The van der Waals surface area contributed by atoms with E-state index >= 15 is 0 Å². The third-order valence-electron chi connectivity index (χ3n) is 0. The van der Waals surface area contributed by atoms with Crippen molar-refractivity contribution in [3.8, 4) is 0 Å². The van der Waals surface area contributed by atoms with E-state index in [1.165, 1.54) is 0 Å². The van der Waals surface area contributed by atoms with Crippen molar-refractivity contribution in [2.24, 2.45) is 0 Å². The van der Waals surface area contributed by atoms with Crippen molar-refractivity contribution in [2.75, 3.05) is 0 Å². The van der Waals surface area contributed by atoms with Gasteiger partial charge in [0.25, 0.3) is 11.4 Å². The van der Waals surface area contributed by atoms with E-state index in [1.807, 2.05) is 6.79 Å². The van der Waals surface area contributed by atoms with Crippen molar-refractivity contribution in [3.63, 3.8) is 0 Å². The summed E-state index contributed by atoms with van der Waals surface area (Å²) in [6, 6.07) is 0. The number of hydrogen-bond donors (Lipinski definition) is 2. The molecule has 0 aromatic heterocycles. The van der Waals surface area contributed by atoms with Crippen molar-refractivity contribution in [2.45, 2.75) is 0 Å². The minimum atomic E-state index is -2.61. The fourth-order valence-corrected chi connectivity index (χ4v) is 0. The summed E-state index contributed by atoms with van der Waals surface area (Å²) in [5, 5.41) is 0. The Morgan fingerprint density at radius 2 is 1.29 bits per heavy atom. The van der Waals surface area contributed by atoms with E-state index in [0.29, 0.717) is 0 Å². The van der Waals surface area contributed by atoms with Crippen LogP contribution in [0.3, 0.4) is 0 Å². The first-order chi connectivity index (χ1) is 2.73. The first kappa shape index (κ1) is 15.6. The summed E-state index contributed by atoms with van der Waals surface area (Å²) in [5.74, 6) is 0. The van der Waals surface area contributed by atoms with Crippen LogP contribution in [0.1, 0.15) is 0 Å². The van der Waals surface area contributed by atoms with E-state index in [2.05, 4.69) is 0 Å². The Morgan fingerprint density at radius 3 is 1.29 bits per heavy atom. The predicted octanol–water partition coefficient (Wildman–Crippen LogP) is -1.15. The van der Waals surface area contributed by atoms with Crippen LogP contribution in [0.5, 0.6) is 0 Å². The number of hydrogen-bond acceptors (Lipinski definition) is 2. The summed E-state index contributed by atoms with van der Waals surface area (Å²) < 4.78 is 22.8. The molecular weight excluding hydrogens is 131 g/mol. The van der Waals surface area contributed by atoms with Gasteiger partial charge in [-0.25, -0.2) is 0 Å². The van der Waals surface area contributed by atoms with Crippen LogP contribution in [0.15, 0.2) is 0 Å². The molecule has 40 valence electrons. The second kappa shape index (κ2) is 15.9. The van der Waals surface area contributed by atoms with Gasteiger partial charge in [0.1, 0.15) is 6.79 Å². The van der Waals surface area contributed by atoms with Crippen molar-refractivity contribution in [1.29, 1.82) is 0 Å². The van der Waals surface area contributed by atoms with Crippen LogP contribution in [0.2, 0.25) is 0 Å². The quantitative estimate of drug-likeness (QED) is 0.325. The van der Waals surface area contributed by atoms with Gasteiger partial charge >= 0.3 is 29.6 Å². The van der Waals surface area contributed by atoms with Gasteiger partial charge in [-0.05, 0) is 0 Å². The molecule has 6 heteroatoms. The van der Waals surface area contributed by atoms with Crippen LogP contribution in [0.4, 0.5) is 0 Å². The van der Waals surface area contributed by atoms with Crippen LogP contribution < -0.4 is 0 Å². The molecular formula is CH5NaO4S. The van der Waals surface area contributed by atoms with Crippen molar-refractivity contribution in [3.05, 3.63) is 0 Å². The Kier molecular flexibility index (Phi) is 35.5. The molecule has 0 aromatic carbocycles. The minimum absolute atomic E-state index is 0. The normalized spacial score (nSPS) is 5.57. The van der Waals surface area contributed by atoms with Gasteiger partial charge in [0.15, 0.2) is 0 Å². The third-order valence-corrected chi connectivity index (χ3v) is 0. The molecule has 0 saturated heterocycles. The molecule has 0 heterocycles. The summed E-state index contributed by atoms with van der Waals surface area (Å²) in [7, 11) is 0. The molecule has 0 spiro atoms. The van der Waals surface area contributed by atoms with Crippen LogP contribution in [-0.4, -0.2) is 49.7 Å². The van der Waals surface area contributed by atoms with E-state index < -0.39 is 11.4 Å². The Bertz CT molecular complexity index is 43.0. The summed E-state index contributed by atoms with van der Waals surface area (Å²) in [4.78, 5) is 8.00. The molecule has 2 N–H and O–H groups in total. The van der Waals surface area contributed by atoms with Gasteiger partial charge in [0, 0.05) is 0 Å². The molecule has 0 fully saturated rings. The van der Waals surface area contributed by atoms with Gasteiger partial charge in [0.05, 0.1) is 0 Å². The number of carbonyl (C=O) groups is 1. The van der Waals surface area contributed by atoms with E-state index in [4.69, 9.17) is 18.1 Å². The Labute approximate surface area is 65.7 Å². The van der Waals surface area contributed by atoms with E-state index in [-0.39, 0.29) is 29.6 Å². The molecule has 0 bridgehead atoms. The van der Waals surface area contributed by atoms with E-state index in [9.17, 15) is 0 Å². The van der Waals surface area contributed by atoms with Gasteiger partial charge < -0.3 is 4.79 Å². The summed E-state index contributed by atoms with van der Waals surface area (Å²) in [6.07, 6.45) is 0. The molecule has 0 radical (unpaired) electrons. The van der Waals surface area contributed by atoms with E-state index in [0.717, 1.165) is 0 Å². The summed E-state index contributed by atoms with van der Waals surface area (Å²) in [6.45, 7) is 2.00. The molecule has 0 rings (SSSR count). The van der Waals surface area contributed by atoms with Crippen LogP contribution >= 0.6 is 0 Å². The second-order valence-electron chi connectivity index (χ2n) is 0.231. The summed E-state index contributed by atoms with van der Waals surface area (Å²) >= 11 is -2.61. The molecule has 7 heavy (non-hydrogen) atoms. The maximum absolute atomic E-state index is 8.67. The number of carbonyl (C=O) groups excluding carboxylic acids is 1. The van der Waals surface area contributed by atoms with Gasteiger partial charge in [-0.2, -0.15) is 4.21 Å². The average molecular weight is 136 g/mol. The van der Waals surface area contributed by atoms with Crippen molar-refractivity contribution >= 4 is 47.7 Å². The fourth-order valence-electron chi connectivity index (χ4n) is 0. The molecule has 0 saturated carbocycles. The summed E-state index contributed by atoms with van der Waals surface area (Å²) in [5.41, 5.74) is 0. The molecule has 0 atom stereocenters. The topological polar surface area (TPSA) is 74.6 Å². The molecule has 0 aliphatic carbocycles. The molecule has 0 aromatic rings. The monoisotopic (exact) mass is 136 g/mol. The maximum atomic E-state index is 8.67. The average Bonchev–Trinajstić information content (AvgIpc) is 1.41. The number of rotatable bonds is 0. The van der Waals surface area contributed by atoms with Gasteiger partial charge in [0.2, 0.25) is 0 Å². The zero-order valence-corrected chi connectivity index (χ0v) is 3.64. The second-order valence-corrected chi connectivity index (χ2v) is 0.692. The van der Waals surface area contributed by atoms with Crippen LogP contribution in [-0.2, 0) is 16.2 Å². The Hall–Kier alpha value is 0.740. The molecule has 0 unspecified atom stereocenters. The molecule has 4 nitrogen and oxygen atoms in total. The standard InChI is InChI=1S/CH2O.Na.H2O3S.H/c1-2;;1-4(2)3;/h1H2;;(H2,1,2,3);. The molecule has 0 amide bonds. The van der Waals surface area contributed by atoms with Gasteiger partial charge in [-0.15, -0.1) is 0 Å². The molecule has 0 aliphatic rings. The first-order valence-electron chi connectivity index (χ1n) is 0.820. The van der Waals surface area contributed by atoms with Gasteiger partial charge in [-0.3, -0.25) is 9.11 Å². The van der Waals surface area contributed by atoms with Crippen molar-refractivity contribution in [1.82, 2.24) is 0 Å². The first-order valence-corrected chi connectivity index (χ1v) is 1.88. The molecule has 0 aliphatic heterocycles. The van der Waals surface area contributed by atoms with Gasteiger partial charge in [-0.1, -0.05) is 0 Å². The zero-order valence-electron chi connectivity index (χ0n) is 2.83. The Morgan fingerprint density at radius 1 is 1.29 bits per heavy atom. The SMILES string of the molecule is C=O.O=S(O)O.[NaH]. The predicted molar refractivity (Wildman–Crippen MR) is 27.7 cm³/mol. The van der Waals surface area contributed by atoms with E-state index in [1.54, 1.807) is 0 Å². The Balaban J connectivity index is -0.0000000480. The van der Waals surface area contributed by atoms with Crippen LogP contribution in [0, 0.1) is 0 Å². The fraction of sp³-hybridized carbons (Fsp3) is 0. The van der Waals surface area contributed by atoms with Crippen LogP contribution in [0.25, 0.3) is 0 Å². The zero-order chi connectivity index (χ0) is 5.58. The third kappa shape index (κ3) is 277.